The molecule has 2 N–H and O–H groups in total. The van der Waals surface area contributed by atoms with Crippen LogP contribution in [0.25, 0.3) is 10.9 Å². The largest absolute Gasteiger partial charge is 0.505 e. The van der Waals surface area contributed by atoms with Crippen molar-refractivity contribution in [3.05, 3.63) is 64.9 Å². The first-order valence-corrected chi connectivity index (χ1v) is 8.81. The molecule has 1 amide bonds. The van der Waals surface area contributed by atoms with Gasteiger partial charge in [0.05, 0.1) is 11.9 Å². The summed E-state index contributed by atoms with van der Waals surface area (Å²) in [5.74, 6) is -2.85. The van der Waals surface area contributed by atoms with Crippen molar-refractivity contribution in [1.82, 2.24) is 9.88 Å². The van der Waals surface area contributed by atoms with Crippen molar-refractivity contribution in [2.75, 3.05) is 0 Å². The molecule has 0 fully saturated rings. The summed E-state index contributed by atoms with van der Waals surface area (Å²) in [5, 5.41) is 13.0. The van der Waals surface area contributed by atoms with Crippen LogP contribution in [0.5, 0.6) is 5.75 Å². The molecule has 0 saturated heterocycles. The summed E-state index contributed by atoms with van der Waals surface area (Å²) in [6, 6.07) is 7.35. The highest BCUT2D eigenvalue weighted by molar-refractivity contribution is 6.05. The maximum absolute atomic E-state index is 14.0. The Labute approximate surface area is 160 Å². The van der Waals surface area contributed by atoms with Gasteiger partial charge in [0.2, 0.25) is 5.91 Å². The van der Waals surface area contributed by atoms with Crippen LogP contribution in [-0.4, -0.2) is 27.5 Å². The number of aromatic hydroxyl groups is 1. The van der Waals surface area contributed by atoms with Gasteiger partial charge in [0, 0.05) is 28.8 Å². The Morgan fingerprint density at radius 3 is 2.54 bits per heavy atom. The number of carbonyl (C=O) groups excluding carboxylic acids is 2. The van der Waals surface area contributed by atoms with E-state index in [0.29, 0.717) is 16.6 Å². The molecule has 28 heavy (non-hydrogen) atoms. The van der Waals surface area contributed by atoms with Gasteiger partial charge in [0.15, 0.2) is 11.6 Å². The summed E-state index contributed by atoms with van der Waals surface area (Å²) in [7, 11) is 0. The van der Waals surface area contributed by atoms with Crippen LogP contribution >= 0.6 is 0 Å². The molecule has 0 saturated carbocycles. The Kier molecular flexibility index (Phi) is 5.18. The highest BCUT2D eigenvalue weighted by Crippen LogP contribution is 2.32. The fraction of sp³-hybridized carbons (Fsp3) is 0.238. The quantitative estimate of drug-likeness (QED) is 0.718. The lowest BCUT2D eigenvalue weighted by Gasteiger charge is -2.09. The molecule has 0 aliphatic carbocycles. The van der Waals surface area contributed by atoms with Gasteiger partial charge >= 0.3 is 0 Å². The Hall–Kier alpha value is -3.22. The van der Waals surface area contributed by atoms with Crippen LogP contribution in [0.3, 0.4) is 0 Å². The maximum atomic E-state index is 14.0. The van der Waals surface area contributed by atoms with E-state index in [1.54, 1.807) is 6.92 Å². The van der Waals surface area contributed by atoms with Crippen LogP contribution in [-0.2, 0) is 11.2 Å². The number of rotatable bonds is 4. The monoisotopic (exact) mass is 386 g/mol. The second-order valence-corrected chi connectivity index (χ2v) is 6.93. The number of nitrogens with zero attached hydrogens (tertiary/aromatic N) is 1. The molecule has 0 radical (unpaired) electrons. The number of benzene rings is 2. The minimum absolute atomic E-state index is 0.0466. The second kappa shape index (κ2) is 7.42. The average molecular weight is 386 g/mol. The Morgan fingerprint density at radius 1 is 1.18 bits per heavy atom. The molecule has 2 aromatic carbocycles. The lowest BCUT2D eigenvalue weighted by atomic mass is 10.1. The van der Waals surface area contributed by atoms with E-state index >= 15 is 0 Å². The fourth-order valence-corrected chi connectivity index (χ4v) is 3.26. The van der Waals surface area contributed by atoms with Crippen LogP contribution in [0.4, 0.5) is 8.78 Å². The summed E-state index contributed by atoms with van der Waals surface area (Å²) >= 11 is 0. The van der Waals surface area contributed by atoms with Gasteiger partial charge in [-0.15, -0.1) is 0 Å². The van der Waals surface area contributed by atoms with Gasteiger partial charge in [-0.1, -0.05) is 6.07 Å². The molecule has 3 aromatic rings. The van der Waals surface area contributed by atoms with E-state index in [-0.39, 0.29) is 29.4 Å². The van der Waals surface area contributed by atoms with E-state index in [2.05, 4.69) is 5.32 Å². The predicted molar refractivity (Wildman–Crippen MR) is 101 cm³/mol. The van der Waals surface area contributed by atoms with Gasteiger partial charge < -0.3 is 10.4 Å². The third-order valence-corrected chi connectivity index (χ3v) is 4.46. The van der Waals surface area contributed by atoms with Crippen LogP contribution in [0.2, 0.25) is 0 Å². The Bertz CT molecular complexity index is 1090. The van der Waals surface area contributed by atoms with Gasteiger partial charge in [-0.05, 0) is 50.6 Å². The zero-order valence-electron chi connectivity index (χ0n) is 15.7. The summed E-state index contributed by atoms with van der Waals surface area (Å²) in [5.41, 5.74) is 1.21. The van der Waals surface area contributed by atoms with Crippen molar-refractivity contribution in [3.63, 3.8) is 0 Å². The molecule has 0 unspecified atom stereocenters. The first kappa shape index (κ1) is 19.5. The SMILES string of the molecule is Cc1c(CC(=O)NC(C)C)c2cc(O)c(F)cc2n1C(=O)c1cccc(F)c1. The van der Waals surface area contributed by atoms with Crippen LogP contribution in [0.1, 0.15) is 35.5 Å². The number of halogens is 2. The van der Waals surface area contributed by atoms with E-state index < -0.39 is 23.3 Å². The third-order valence-electron chi connectivity index (χ3n) is 4.46. The molecule has 1 aromatic heterocycles. The molecule has 1 heterocycles. The van der Waals surface area contributed by atoms with Crippen LogP contribution < -0.4 is 5.32 Å². The second-order valence-electron chi connectivity index (χ2n) is 6.93. The Morgan fingerprint density at radius 2 is 1.89 bits per heavy atom. The Balaban J connectivity index is 2.19. The normalized spacial score (nSPS) is 11.2. The standard InChI is InChI=1S/C21H20F2N2O3/c1-11(2)24-20(27)9-15-12(3)25(18-10-17(23)19(26)8-16(15)18)21(28)13-5-4-6-14(22)7-13/h4-8,10-11,26H,9H2,1-3H3,(H,24,27). The van der Waals surface area contributed by atoms with E-state index in [1.807, 2.05) is 13.8 Å². The van der Waals surface area contributed by atoms with Gasteiger partial charge in [-0.3, -0.25) is 14.2 Å². The number of fused-ring (bicyclic) bond motifs is 1. The van der Waals surface area contributed by atoms with Gasteiger partial charge in [-0.25, -0.2) is 8.78 Å². The highest BCUT2D eigenvalue weighted by atomic mass is 19.1. The zero-order valence-corrected chi connectivity index (χ0v) is 15.7. The van der Waals surface area contributed by atoms with Crippen molar-refractivity contribution in [2.45, 2.75) is 33.2 Å². The highest BCUT2D eigenvalue weighted by Gasteiger charge is 2.23. The number of hydrogen-bond donors (Lipinski definition) is 2. The molecule has 7 heteroatoms. The number of carbonyl (C=O) groups is 2. The molecule has 0 aliphatic rings. The van der Waals surface area contributed by atoms with Gasteiger partial charge in [-0.2, -0.15) is 0 Å². The predicted octanol–water partition coefficient (Wildman–Crippen LogP) is 3.69. The number of nitrogens with one attached hydrogen (secondary N) is 1. The molecular formula is C21H20F2N2O3. The number of phenols is 1. The molecule has 5 nitrogen and oxygen atoms in total. The van der Waals surface area contributed by atoms with Crippen LogP contribution in [0, 0.1) is 18.6 Å². The lowest BCUT2D eigenvalue weighted by Crippen LogP contribution is -2.31. The van der Waals surface area contributed by atoms with Crippen molar-refractivity contribution >= 4 is 22.7 Å². The number of hydrogen-bond acceptors (Lipinski definition) is 3. The number of phenolic OH excluding ortho intramolecular Hbond substituents is 1. The molecule has 0 atom stereocenters. The third kappa shape index (κ3) is 3.60. The van der Waals surface area contributed by atoms with Gasteiger partial charge in [0.25, 0.3) is 5.91 Å². The summed E-state index contributed by atoms with van der Waals surface area (Å²) in [6.45, 7) is 5.27. The van der Waals surface area contributed by atoms with E-state index in [0.717, 1.165) is 12.1 Å². The van der Waals surface area contributed by atoms with E-state index in [1.165, 1.54) is 28.8 Å². The van der Waals surface area contributed by atoms with Crippen molar-refractivity contribution in [2.24, 2.45) is 0 Å². The first-order valence-electron chi connectivity index (χ1n) is 8.81. The van der Waals surface area contributed by atoms with Crippen molar-refractivity contribution in [1.29, 1.82) is 0 Å². The summed E-state index contributed by atoms with van der Waals surface area (Å²) < 4.78 is 28.8. The molecule has 0 bridgehead atoms. The summed E-state index contributed by atoms with van der Waals surface area (Å²) in [4.78, 5) is 25.3. The average Bonchev–Trinajstić information content (AvgIpc) is 2.85. The van der Waals surface area contributed by atoms with Crippen molar-refractivity contribution in [3.8, 4) is 5.75 Å². The maximum Gasteiger partial charge on any atom is 0.262 e. The first-order chi connectivity index (χ1) is 13.2. The van der Waals surface area contributed by atoms with Crippen LogP contribution in [0.15, 0.2) is 36.4 Å². The fourth-order valence-electron chi connectivity index (χ4n) is 3.26. The van der Waals surface area contributed by atoms with E-state index in [9.17, 15) is 23.5 Å². The minimum Gasteiger partial charge on any atom is -0.505 e. The molecular weight excluding hydrogens is 366 g/mol. The van der Waals surface area contributed by atoms with E-state index in [4.69, 9.17) is 0 Å². The smallest absolute Gasteiger partial charge is 0.262 e. The summed E-state index contributed by atoms with van der Waals surface area (Å²) in [6.07, 6.45) is -0.0466. The van der Waals surface area contributed by atoms with Crippen molar-refractivity contribution < 1.29 is 23.5 Å². The van der Waals surface area contributed by atoms with Gasteiger partial charge in [0.1, 0.15) is 5.82 Å². The zero-order chi connectivity index (χ0) is 20.6. The minimum atomic E-state index is -0.892. The molecule has 0 spiro atoms. The lowest BCUT2D eigenvalue weighted by molar-refractivity contribution is -0.120. The molecule has 3 rings (SSSR count). The number of aromatic nitrogens is 1. The topological polar surface area (TPSA) is 71.3 Å². The number of amides is 1. The molecule has 146 valence electrons. The molecule has 0 aliphatic heterocycles.